The topological polar surface area (TPSA) is 63.7 Å². The predicted molar refractivity (Wildman–Crippen MR) is 70.6 cm³/mol. The summed E-state index contributed by atoms with van der Waals surface area (Å²) in [5.41, 5.74) is 0. The molecule has 1 aromatic rings. The highest BCUT2D eigenvalue weighted by atomic mass is 32.2. The molecule has 5 nitrogen and oxygen atoms in total. The van der Waals surface area contributed by atoms with Gasteiger partial charge in [0.25, 0.3) is 0 Å². The molecule has 0 saturated carbocycles. The summed E-state index contributed by atoms with van der Waals surface area (Å²) in [6, 6.07) is 6.82. The molecule has 0 aromatic heterocycles. The van der Waals surface area contributed by atoms with Crippen molar-refractivity contribution < 1.29 is 17.9 Å². The van der Waals surface area contributed by atoms with Crippen LogP contribution in [-0.4, -0.2) is 38.4 Å². The number of benzene rings is 1. The van der Waals surface area contributed by atoms with Crippen LogP contribution in [0.2, 0.25) is 0 Å². The number of methoxy groups -OCH3 is 1. The Kier molecular flexibility index (Phi) is 5.10. The molecule has 0 heterocycles. The minimum absolute atomic E-state index is 0.0843. The number of terminal acetylenes is 1. The fourth-order valence-corrected chi connectivity index (χ4v) is 3.05. The number of carbonyl (C=O) groups is 1. The van der Waals surface area contributed by atoms with Crippen molar-refractivity contribution in [1.82, 2.24) is 4.31 Å². The Morgan fingerprint density at radius 2 is 2.00 bits per heavy atom. The van der Waals surface area contributed by atoms with Crippen LogP contribution in [0.3, 0.4) is 0 Å². The van der Waals surface area contributed by atoms with Crippen molar-refractivity contribution in [2.45, 2.75) is 17.9 Å². The number of ether oxygens (including phenoxy) is 1. The predicted octanol–water partition coefficient (Wildman–Crippen LogP) is 0.872. The number of rotatable bonds is 5. The van der Waals surface area contributed by atoms with Crippen LogP contribution in [0.1, 0.15) is 6.92 Å². The van der Waals surface area contributed by atoms with E-state index in [0.29, 0.717) is 0 Å². The lowest BCUT2D eigenvalue weighted by Crippen LogP contribution is -2.43. The summed E-state index contributed by atoms with van der Waals surface area (Å²) in [5, 5.41) is 0. The third-order valence-corrected chi connectivity index (χ3v) is 4.50. The van der Waals surface area contributed by atoms with E-state index in [9.17, 15) is 13.2 Å². The zero-order valence-electron chi connectivity index (χ0n) is 10.7. The summed E-state index contributed by atoms with van der Waals surface area (Å²) in [4.78, 5) is 11.6. The monoisotopic (exact) mass is 281 g/mol. The average Bonchev–Trinajstić information content (AvgIpc) is 2.43. The summed E-state index contributed by atoms with van der Waals surface area (Å²) in [7, 11) is -2.63. The Bertz CT molecular complexity index is 574. The highest BCUT2D eigenvalue weighted by Crippen LogP contribution is 2.18. The molecule has 0 amide bonds. The van der Waals surface area contributed by atoms with Gasteiger partial charge in [0.1, 0.15) is 6.04 Å². The van der Waals surface area contributed by atoms with Crippen LogP contribution >= 0.6 is 0 Å². The van der Waals surface area contributed by atoms with E-state index in [1.54, 1.807) is 18.2 Å². The quantitative estimate of drug-likeness (QED) is 0.593. The largest absolute Gasteiger partial charge is 0.468 e. The zero-order valence-corrected chi connectivity index (χ0v) is 11.6. The molecule has 1 atom stereocenters. The Morgan fingerprint density at radius 3 is 2.47 bits per heavy atom. The molecular formula is C13H15NO4S. The number of carbonyl (C=O) groups excluding carboxylic acids is 1. The maximum atomic E-state index is 12.4. The molecule has 0 N–H and O–H groups in total. The Morgan fingerprint density at radius 1 is 1.42 bits per heavy atom. The van der Waals surface area contributed by atoms with Crippen molar-refractivity contribution >= 4 is 16.0 Å². The van der Waals surface area contributed by atoms with Crippen molar-refractivity contribution in [2.75, 3.05) is 13.7 Å². The highest BCUT2D eigenvalue weighted by molar-refractivity contribution is 7.89. The molecule has 1 aromatic carbocycles. The maximum absolute atomic E-state index is 12.4. The van der Waals surface area contributed by atoms with Gasteiger partial charge >= 0.3 is 5.97 Å². The van der Waals surface area contributed by atoms with Crippen LogP contribution in [0, 0.1) is 12.3 Å². The molecular weight excluding hydrogens is 266 g/mol. The third kappa shape index (κ3) is 3.34. The van der Waals surface area contributed by atoms with Crippen LogP contribution in [0.4, 0.5) is 0 Å². The molecule has 0 aliphatic carbocycles. The van der Waals surface area contributed by atoms with Gasteiger partial charge in [-0.2, -0.15) is 4.31 Å². The van der Waals surface area contributed by atoms with Crippen LogP contribution in [0.5, 0.6) is 0 Å². The summed E-state index contributed by atoms with van der Waals surface area (Å²) in [5.74, 6) is 1.58. The minimum atomic E-state index is -3.83. The third-order valence-electron chi connectivity index (χ3n) is 2.57. The van der Waals surface area contributed by atoms with Gasteiger partial charge < -0.3 is 4.74 Å². The lowest BCUT2D eigenvalue weighted by Gasteiger charge is -2.24. The van der Waals surface area contributed by atoms with Gasteiger partial charge in [-0.15, -0.1) is 6.42 Å². The number of hydrogen-bond acceptors (Lipinski definition) is 4. The lowest BCUT2D eigenvalue weighted by atomic mass is 10.3. The van der Waals surface area contributed by atoms with E-state index in [-0.39, 0.29) is 11.4 Å². The van der Waals surface area contributed by atoms with Crippen molar-refractivity contribution in [2.24, 2.45) is 0 Å². The van der Waals surface area contributed by atoms with E-state index >= 15 is 0 Å². The van der Waals surface area contributed by atoms with Gasteiger partial charge in [0, 0.05) is 0 Å². The second-order valence-corrected chi connectivity index (χ2v) is 5.66. The molecule has 0 aliphatic heterocycles. The normalized spacial score (nSPS) is 12.7. The van der Waals surface area contributed by atoms with E-state index < -0.39 is 22.0 Å². The molecule has 0 radical (unpaired) electrons. The first-order valence-electron chi connectivity index (χ1n) is 5.53. The Hall–Kier alpha value is -1.84. The number of sulfonamides is 1. The summed E-state index contributed by atoms with van der Waals surface area (Å²) >= 11 is 0. The molecule has 0 saturated heterocycles. The van der Waals surface area contributed by atoms with Gasteiger partial charge in [-0.1, -0.05) is 24.1 Å². The van der Waals surface area contributed by atoms with E-state index in [0.717, 1.165) is 4.31 Å². The first-order chi connectivity index (χ1) is 8.95. The molecule has 0 fully saturated rings. The molecule has 0 unspecified atom stereocenters. The Balaban J connectivity index is 3.20. The van der Waals surface area contributed by atoms with E-state index in [4.69, 9.17) is 6.42 Å². The van der Waals surface area contributed by atoms with Crippen molar-refractivity contribution in [3.8, 4) is 12.3 Å². The van der Waals surface area contributed by atoms with Gasteiger partial charge in [-0.05, 0) is 19.1 Å². The van der Waals surface area contributed by atoms with Gasteiger partial charge in [-0.3, -0.25) is 4.79 Å². The SMILES string of the molecule is C#CCN([C@@H](C)C(=O)OC)S(=O)(=O)c1ccccc1. The van der Waals surface area contributed by atoms with Crippen LogP contribution in [0.25, 0.3) is 0 Å². The van der Waals surface area contributed by atoms with Crippen molar-refractivity contribution in [3.05, 3.63) is 30.3 Å². The average molecular weight is 281 g/mol. The maximum Gasteiger partial charge on any atom is 0.323 e. The standard InChI is InChI=1S/C13H15NO4S/c1-4-10-14(11(2)13(15)18-3)19(16,17)12-8-6-5-7-9-12/h1,5-9,11H,10H2,2-3H3/t11-/m0/s1. The second kappa shape index (κ2) is 6.36. The van der Waals surface area contributed by atoms with Crippen molar-refractivity contribution in [3.63, 3.8) is 0 Å². The Labute approximate surface area is 113 Å². The summed E-state index contributed by atoms with van der Waals surface area (Å²) in [6.45, 7) is 1.23. The first kappa shape index (κ1) is 15.2. The fourth-order valence-electron chi connectivity index (χ4n) is 1.54. The van der Waals surface area contributed by atoms with Gasteiger partial charge in [0.05, 0.1) is 18.6 Å². The van der Waals surface area contributed by atoms with E-state index in [1.807, 2.05) is 0 Å². The van der Waals surface area contributed by atoms with E-state index in [2.05, 4.69) is 10.7 Å². The molecule has 0 spiro atoms. The molecule has 6 heteroatoms. The van der Waals surface area contributed by atoms with Crippen LogP contribution in [0.15, 0.2) is 35.2 Å². The first-order valence-corrected chi connectivity index (χ1v) is 6.97. The molecule has 1 rings (SSSR count). The van der Waals surface area contributed by atoms with Gasteiger partial charge in [0.15, 0.2) is 0 Å². The molecule has 19 heavy (non-hydrogen) atoms. The summed E-state index contributed by atoms with van der Waals surface area (Å²) in [6.07, 6.45) is 5.18. The van der Waals surface area contributed by atoms with Crippen LogP contribution < -0.4 is 0 Å². The molecule has 0 bridgehead atoms. The minimum Gasteiger partial charge on any atom is -0.468 e. The van der Waals surface area contributed by atoms with Gasteiger partial charge in [-0.25, -0.2) is 8.42 Å². The smallest absolute Gasteiger partial charge is 0.323 e. The number of esters is 1. The van der Waals surface area contributed by atoms with Gasteiger partial charge in [0.2, 0.25) is 10.0 Å². The number of nitrogens with zero attached hydrogens (tertiary/aromatic N) is 1. The number of hydrogen-bond donors (Lipinski definition) is 0. The highest BCUT2D eigenvalue weighted by Gasteiger charge is 2.32. The lowest BCUT2D eigenvalue weighted by molar-refractivity contribution is -0.144. The summed E-state index contributed by atoms with van der Waals surface area (Å²) < 4.78 is 30.3. The van der Waals surface area contributed by atoms with Crippen molar-refractivity contribution in [1.29, 1.82) is 0 Å². The van der Waals surface area contributed by atoms with Crippen LogP contribution in [-0.2, 0) is 19.6 Å². The fraction of sp³-hybridized carbons (Fsp3) is 0.308. The molecule has 0 aliphatic rings. The second-order valence-electron chi connectivity index (χ2n) is 3.77. The zero-order chi connectivity index (χ0) is 14.5. The van der Waals surface area contributed by atoms with E-state index in [1.165, 1.54) is 26.2 Å². The molecule has 102 valence electrons.